The molecule has 0 radical (unpaired) electrons. The van der Waals surface area contributed by atoms with Crippen molar-refractivity contribution in [1.29, 1.82) is 0 Å². The first-order chi connectivity index (χ1) is 15.7. The summed E-state index contributed by atoms with van der Waals surface area (Å²) in [4.78, 5) is 17.0. The molecule has 0 aliphatic carbocycles. The Kier molecular flexibility index (Phi) is 6.24. The highest BCUT2D eigenvalue weighted by molar-refractivity contribution is 6.30. The molecule has 0 saturated carbocycles. The van der Waals surface area contributed by atoms with E-state index in [1.54, 1.807) is 30.3 Å². The van der Waals surface area contributed by atoms with Gasteiger partial charge < -0.3 is 10.6 Å². The second kappa shape index (κ2) is 9.11. The van der Waals surface area contributed by atoms with Gasteiger partial charge >= 0.3 is 6.18 Å². The van der Waals surface area contributed by atoms with Gasteiger partial charge in [-0.2, -0.15) is 13.2 Å². The van der Waals surface area contributed by atoms with Crippen LogP contribution in [0.1, 0.15) is 16.7 Å². The molecule has 0 fully saturated rings. The molecule has 1 heterocycles. The normalized spacial score (nSPS) is 11.4. The Morgan fingerprint density at radius 2 is 1.76 bits per heavy atom. The first kappa shape index (κ1) is 22.6. The number of anilines is 3. The van der Waals surface area contributed by atoms with Crippen LogP contribution in [0.4, 0.5) is 30.4 Å². The van der Waals surface area contributed by atoms with Crippen LogP contribution in [0.15, 0.2) is 72.8 Å². The van der Waals surface area contributed by atoms with E-state index in [4.69, 9.17) is 11.6 Å². The molecular weight excluding hydrogens is 451 g/mol. The fourth-order valence-electron chi connectivity index (χ4n) is 3.50. The third kappa shape index (κ3) is 5.62. The smallest absolute Gasteiger partial charge is 0.340 e. The Balaban J connectivity index is 1.50. The number of halogens is 4. The standard InChI is InChI=1S/C25H19ClF3N3O/c1-15-10-23(30-19-7-3-6-18(26)13-19)32-22-9-8-20(14-21(15)22)31-24(33)12-16-4-2-5-17(11-16)25(27,28)29/h2-11,13-14H,12H2,1H3,(H,30,32)(H,31,33). The second-order valence-corrected chi connectivity index (χ2v) is 8.05. The average Bonchev–Trinajstić information content (AvgIpc) is 2.74. The first-order valence-corrected chi connectivity index (χ1v) is 10.5. The van der Waals surface area contributed by atoms with Gasteiger partial charge in [0, 0.05) is 21.8 Å². The monoisotopic (exact) mass is 469 g/mol. The molecule has 0 saturated heterocycles. The lowest BCUT2D eigenvalue weighted by Gasteiger charge is -2.12. The second-order valence-electron chi connectivity index (χ2n) is 7.61. The molecule has 0 spiro atoms. The maximum atomic E-state index is 12.9. The molecule has 1 amide bonds. The highest BCUT2D eigenvalue weighted by atomic mass is 35.5. The van der Waals surface area contributed by atoms with Crippen LogP contribution < -0.4 is 10.6 Å². The molecule has 0 aliphatic rings. The van der Waals surface area contributed by atoms with E-state index in [2.05, 4.69) is 15.6 Å². The fourth-order valence-corrected chi connectivity index (χ4v) is 3.69. The van der Waals surface area contributed by atoms with Crippen LogP contribution in [0.5, 0.6) is 0 Å². The van der Waals surface area contributed by atoms with Crippen LogP contribution in [0.2, 0.25) is 5.02 Å². The van der Waals surface area contributed by atoms with Crippen LogP contribution in [0.3, 0.4) is 0 Å². The van der Waals surface area contributed by atoms with Gasteiger partial charge in [-0.3, -0.25) is 4.79 Å². The van der Waals surface area contributed by atoms with Crippen molar-refractivity contribution >= 4 is 45.6 Å². The summed E-state index contributed by atoms with van der Waals surface area (Å²) in [6.45, 7) is 1.93. The molecule has 0 bridgehead atoms. The largest absolute Gasteiger partial charge is 0.416 e. The van der Waals surface area contributed by atoms with Gasteiger partial charge in [-0.15, -0.1) is 0 Å². The number of amides is 1. The highest BCUT2D eigenvalue weighted by Gasteiger charge is 2.30. The molecule has 0 unspecified atom stereocenters. The zero-order valence-electron chi connectivity index (χ0n) is 17.5. The van der Waals surface area contributed by atoms with Gasteiger partial charge in [-0.25, -0.2) is 4.98 Å². The highest BCUT2D eigenvalue weighted by Crippen LogP contribution is 2.30. The summed E-state index contributed by atoms with van der Waals surface area (Å²) in [7, 11) is 0. The summed E-state index contributed by atoms with van der Waals surface area (Å²) in [6, 6.07) is 19.3. The van der Waals surface area contributed by atoms with Crippen molar-refractivity contribution in [2.24, 2.45) is 0 Å². The summed E-state index contributed by atoms with van der Waals surface area (Å²) in [6.07, 6.45) is -4.61. The average molecular weight is 470 g/mol. The number of rotatable bonds is 5. The SMILES string of the molecule is Cc1cc(Nc2cccc(Cl)c2)nc2ccc(NC(=O)Cc3cccc(C(F)(F)F)c3)cc12. The summed E-state index contributed by atoms with van der Waals surface area (Å²) in [5, 5.41) is 7.44. The Labute approximate surface area is 193 Å². The third-order valence-corrected chi connectivity index (χ3v) is 5.25. The topological polar surface area (TPSA) is 54.0 Å². The Morgan fingerprint density at radius 1 is 0.970 bits per heavy atom. The van der Waals surface area contributed by atoms with Gasteiger partial charge in [0.25, 0.3) is 0 Å². The van der Waals surface area contributed by atoms with Crippen molar-refractivity contribution in [2.75, 3.05) is 10.6 Å². The van der Waals surface area contributed by atoms with Crippen molar-refractivity contribution in [3.8, 4) is 0 Å². The molecule has 8 heteroatoms. The van der Waals surface area contributed by atoms with Crippen molar-refractivity contribution in [3.05, 3.63) is 94.5 Å². The van der Waals surface area contributed by atoms with Crippen LogP contribution >= 0.6 is 11.6 Å². The van der Waals surface area contributed by atoms with Gasteiger partial charge in [0.2, 0.25) is 5.91 Å². The number of carbonyl (C=O) groups is 1. The first-order valence-electron chi connectivity index (χ1n) is 10.1. The van der Waals surface area contributed by atoms with Crippen molar-refractivity contribution in [3.63, 3.8) is 0 Å². The number of aromatic nitrogens is 1. The summed E-state index contributed by atoms with van der Waals surface area (Å²) >= 11 is 6.03. The van der Waals surface area contributed by atoms with Crippen LogP contribution in [0.25, 0.3) is 10.9 Å². The number of carbonyl (C=O) groups excluding carboxylic acids is 1. The van der Waals surface area contributed by atoms with E-state index >= 15 is 0 Å². The minimum Gasteiger partial charge on any atom is -0.340 e. The number of aryl methyl sites for hydroxylation is 1. The molecule has 33 heavy (non-hydrogen) atoms. The lowest BCUT2D eigenvalue weighted by molar-refractivity contribution is -0.137. The zero-order valence-corrected chi connectivity index (χ0v) is 18.3. The van der Waals surface area contributed by atoms with E-state index in [1.165, 1.54) is 12.1 Å². The quantitative estimate of drug-likeness (QED) is 0.326. The minimum atomic E-state index is -4.45. The number of pyridine rings is 1. The maximum absolute atomic E-state index is 12.9. The number of nitrogens with zero attached hydrogens (tertiary/aromatic N) is 1. The molecule has 4 aromatic rings. The van der Waals surface area contributed by atoms with Gasteiger partial charge in [0.05, 0.1) is 17.5 Å². The van der Waals surface area contributed by atoms with Crippen molar-refractivity contribution < 1.29 is 18.0 Å². The predicted octanol–water partition coefficient (Wildman–Crippen LogP) is 7.14. The molecule has 4 rings (SSSR count). The van der Waals surface area contributed by atoms with E-state index in [-0.39, 0.29) is 12.0 Å². The Morgan fingerprint density at radius 3 is 2.52 bits per heavy atom. The molecule has 4 nitrogen and oxygen atoms in total. The number of fused-ring (bicyclic) bond motifs is 1. The molecule has 2 N–H and O–H groups in total. The van der Waals surface area contributed by atoms with E-state index < -0.39 is 17.6 Å². The fraction of sp³-hybridized carbons (Fsp3) is 0.120. The number of nitrogens with one attached hydrogen (secondary N) is 2. The van der Waals surface area contributed by atoms with Crippen LogP contribution in [-0.4, -0.2) is 10.9 Å². The third-order valence-electron chi connectivity index (χ3n) is 5.02. The van der Waals surface area contributed by atoms with Crippen molar-refractivity contribution in [1.82, 2.24) is 4.98 Å². The van der Waals surface area contributed by atoms with Crippen LogP contribution in [0, 0.1) is 6.92 Å². The predicted molar refractivity (Wildman–Crippen MR) is 125 cm³/mol. The number of hydrogen-bond donors (Lipinski definition) is 2. The van der Waals surface area contributed by atoms with E-state index in [1.807, 2.05) is 25.1 Å². The minimum absolute atomic E-state index is 0.165. The van der Waals surface area contributed by atoms with Crippen LogP contribution in [-0.2, 0) is 17.4 Å². The Bertz CT molecular complexity index is 1340. The molecule has 0 atom stereocenters. The Hall–Kier alpha value is -3.58. The van der Waals surface area contributed by atoms with Gasteiger partial charge in [-0.1, -0.05) is 35.9 Å². The van der Waals surface area contributed by atoms with E-state index in [0.29, 0.717) is 16.5 Å². The maximum Gasteiger partial charge on any atom is 0.416 e. The number of hydrogen-bond acceptors (Lipinski definition) is 3. The van der Waals surface area contributed by atoms with E-state index in [0.717, 1.165) is 34.3 Å². The van der Waals surface area contributed by atoms with Gasteiger partial charge in [0.1, 0.15) is 5.82 Å². The van der Waals surface area contributed by atoms with Gasteiger partial charge in [0.15, 0.2) is 0 Å². The number of alkyl halides is 3. The summed E-state index contributed by atoms with van der Waals surface area (Å²) < 4.78 is 38.7. The molecule has 0 aliphatic heterocycles. The van der Waals surface area contributed by atoms with Crippen molar-refractivity contribution in [2.45, 2.75) is 19.5 Å². The van der Waals surface area contributed by atoms with Gasteiger partial charge in [-0.05, 0) is 66.6 Å². The molecule has 168 valence electrons. The lowest BCUT2D eigenvalue weighted by atomic mass is 10.1. The molecule has 1 aromatic heterocycles. The lowest BCUT2D eigenvalue weighted by Crippen LogP contribution is -2.15. The summed E-state index contributed by atoms with van der Waals surface area (Å²) in [5.41, 5.74) is 2.54. The van der Waals surface area contributed by atoms with E-state index in [9.17, 15) is 18.0 Å². The number of benzene rings is 3. The molecular formula is C25H19ClF3N3O. The zero-order chi connectivity index (χ0) is 23.6. The summed E-state index contributed by atoms with van der Waals surface area (Å²) in [5.74, 6) is 0.252. The molecule has 3 aromatic carbocycles.